The van der Waals surface area contributed by atoms with Crippen LogP contribution in [-0.2, 0) is 22.6 Å². The van der Waals surface area contributed by atoms with Crippen LogP contribution in [0.1, 0.15) is 24.5 Å². The average molecular weight is 386 g/mol. The Morgan fingerprint density at radius 1 is 1.07 bits per heavy atom. The number of carbonyl (C=O) groups is 1. The second-order valence-corrected chi connectivity index (χ2v) is 6.85. The fourth-order valence-electron chi connectivity index (χ4n) is 3.49. The van der Waals surface area contributed by atoms with E-state index in [1.54, 1.807) is 18.2 Å². The molecule has 3 rings (SSSR count). The van der Waals surface area contributed by atoms with E-state index in [1.165, 1.54) is 0 Å². The number of aliphatic hydroxyl groups is 1. The van der Waals surface area contributed by atoms with Crippen LogP contribution in [0.15, 0.2) is 42.5 Å². The van der Waals surface area contributed by atoms with E-state index in [1.807, 2.05) is 24.0 Å². The maximum Gasteiger partial charge on any atom is 0.306 e. The molecule has 5 nitrogen and oxygen atoms in total. The molecule has 150 valence electrons. The van der Waals surface area contributed by atoms with Crippen molar-refractivity contribution in [1.29, 1.82) is 0 Å². The van der Waals surface area contributed by atoms with Crippen molar-refractivity contribution in [2.24, 2.45) is 0 Å². The van der Waals surface area contributed by atoms with Crippen LogP contribution in [-0.4, -0.2) is 43.9 Å². The van der Waals surface area contributed by atoms with Gasteiger partial charge in [-0.1, -0.05) is 24.3 Å². The van der Waals surface area contributed by atoms with Crippen LogP contribution in [0, 0.1) is 5.82 Å². The Morgan fingerprint density at radius 3 is 2.39 bits per heavy atom. The lowest BCUT2D eigenvalue weighted by atomic mass is 10.1. The predicted octanol–water partition coefficient (Wildman–Crippen LogP) is 3.14. The largest absolute Gasteiger partial charge is 0.466 e. The Balaban J connectivity index is 1.56. The zero-order valence-electron chi connectivity index (χ0n) is 16.2. The van der Waals surface area contributed by atoms with Crippen molar-refractivity contribution in [2.45, 2.75) is 26.4 Å². The molecular formula is C22H27FN2O3. The number of hydrogen-bond acceptors (Lipinski definition) is 5. The molecule has 2 aromatic rings. The van der Waals surface area contributed by atoms with Crippen molar-refractivity contribution < 1.29 is 19.0 Å². The van der Waals surface area contributed by atoms with Crippen LogP contribution >= 0.6 is 0 Å². The molecule has 1 aliphatic rings. The molecule has 0 aliphatic carbocycles. The molecule has 1 saturated heterocycles. The lowest BCUT2D eigenvalue weighted by Crippen LogP contribution is -2.46. The predicted molar refractivity (Wildman–Crippen MR) is 108 cm³/mol. The Hall–Kier alpha value is -2.60. The third-order valence-corrected chi connectivity index (χ3v) is 5.07. The maximum absolute atomic E-state index is 14.5. The van der Waals surface area contributed by atoms with Crippen LogP contribution in [0.5, 0.6) is 0 Å². The molecule has 0 radical (unpaired) electrons. The first-order valence-electron chi connectivity index (χ1n) is 9.75. The number of benzene rings is 2. The number of rotatable bonds is 7. The number of ether oxygens (including phenoxy) is 1. The maximum atomic E-state index is 14.5. The van der Waals surface area contributed by atoms with Crippen molar-refractivity contribution in [3.05, 3.63) is 59.4 Å². The smallest absolute Gasteiger partial charge is 0.306 e. The summed E-state index contributed by atoms with van der Waals surface area (Å²) in [7, 11) is 0. The fraction of sp³-hybridized carbons (Fsp3) is 0.409. The Bertz CT molecular complexity index is 787. The van der Waals surface area contributed by atoms with Crippen molar-refractivity contribution in [3.63, 3.8) is 0 Å². The van der Waals surface area contributed by atoms with Gasteiger partial charge in [0, 0.05) is 43.9 Å². The minimum Gasteiger partial charge on any atom is -0.466 e. The quantitative estimate of drug-likeness (QED) is 0.741. The molecule has 0 atom stereocenters. The molecule has 0 amide bonds. The molecule has 1 N–H and O–H groups in total. The Labute approximate surface area is 165 Å². The number of hydrogen-bond donors (Lipinski definition) is 1. The lowest BCUT2D eigenvalue weighted by molar-refractivity contribution is -0.143. The van der Waals surface area contributed by atoms with E-state index in [2.05, 4.69) is 17.0 Å². The van der Waals surface area contributed by atoms with Gasteiger partial charge in [-0.3, -0.25) is 4.79 Å². The second kappa shape index (κ2) is 9.55. The van der Waals surface area contributed by atoms with Crippen molar-refractivity contribution in [3.8, 4) is 0 Å². The molecule has 0 bridgehead atoms. The average Bonchev–Trinajstić information content (AvgIpc) is 2.73. The van der Waals surface area contributed by atoms with Gasteiger partial charge in [0.1, 0.15) is 0 Å². The SMILES string of the molecule is CCOC(=O)CCc1ccc(N2CCN(c3cccc(CO)c3F)CC2)cc1. The highest BCUT2D eigenvalue weighted by atomic mass is 19.1. The first-order valence-corrected chi connectivity index (χ1v) is 9.75. The van der Waals surface area contributed by atoms with E-state index >= 15 is 0 Å². The van der Waals surface area contributed by atoms with E-state index in [0.717, 1.165) is 37.4 Å². The van der Waals surface area contributed by atoms with E-state index in [-0.39, 0.29) is 18.4 Å². The van der Waals surface area contributed by atoms with Gasteiger partial charge in [-0.05, 0) is 37.1 Å². The molecule has 0 unspecified atom stereocenters. The highest BCUT2D eigenvalue weighted by molar-refractivity contribution is 5.69. The highest BCUT2D eigenvalue weighted by Crippen LogP contribution is 2.25. The minimum absolute atomic E-state index is 0.166. The molecule has 2 aromatic carbocycles. The molecule has 1 heterocycles. The van der Waals surface area contributed by atoms with Gasteiger partial charge in [0.15, 0.2) is 5.82 Å². The molecule has 28 heavy (non-hydrogen) atoms. The fourth-order valence-corrected chi connectivity index (χ4v) is 3.49. The molecule has 0 spiro atoms. The Morgan fingerprint density at radius 2 is 1.75 bits per heavy atom. The zero-order valence-corrected chi connectivity index (χ0v) is 16.2. The standard InChI is InChI=1S/C22H27FN2O3/c1-2-28-21(27)11-8-17-6-9-19(10-7-17)24-12-14-25(15-13-24)20-5-3-4-18(16-26)22(20)23/h3-7,9-10,26H,2,8,11-16H2,1H3. The van der Waals surface area contributed by atoms with E-state index < -0.39 is 0 Å². The zero-order chi connectivity index (χ0) is 19.9. The van der Waals surface area contributed by atoms with Gasteiger partial charge >= 0.3 is 5.97 Å². The van der Waals surface area contributed by atoms with Gasteiger partial charge in [-0.15, -0.1) is 0 Å². The summed E-state index contributed by atoms with van der Waals surface area (Å²) in [5.74, 6) is -0.496. The van der Waals surface area contributed by atoms with E-state index in [9.17, 15) is 14.3 Å². The summed E-state index contributed by atoms with van der Waals surface area (Å²) in [6, 6.07) is 13.4. The van der Waals surface area contributed by atoms with Crippen LogP contribution in [0.2, 0.25) is 0 Å². The second-order valence-electron chi connectivity index (χ2n) is 6.85. The first-order chi connectivity index (χ1) is 13.6. The normalized spacial score (nSPS) is 14.2. The van der Waals surface area contributed by atoms with E-state index in [0.29, 0.717) is 30.7 Å². The molecule has 0 saturated carbocycles. The van der Waals surface area contributed by atoms with Crippen molar-refractivity contribution in [1.82, 2.24) is 0 Å². The number of nitrogens with zero attached hydrogens (tertiary/aromatic N) is 2. The van der Waals surface area contributed by atoms with Gasteiger partial charge in [-0.2, -0.15) is 0 Å². The number of halogens is 1. The number of aryl methyl sites for hydroxylation is 1. The third-order valence-electron chi connectivity index (χ3n) is 5.07. The van der Waals surface area contributed by atoms with Crippen LogP contribution < -0.4 is 9.80 Å². The van der Waals surface area contributed by atoms with Gasteiger partial charge in [0.25, 0.3) is 0 Å². The number of carbonyl (C=O) groups excluding carboxylic acids is 1. The highest BCUT2D eigenvalue weighted by Gasteiger charge is 2.20. The summed E-state index contributed by atoms with van der Waals surface area (Å²) in [5, 5.41) is 9.26. The Kier molecular flexibility index (Phi) is 6.87. The molecule has 1 fully saturated rings. The van der Waals surface area contributed by atoms with Crippen molar-refractivity contribution >= 4 is 17.3 Å². The van der Waals surface area contributed by atoms with Crippen LogP contribution in [0.3, 0.4) is 0 Å². The van der Waals surface area contributed by atoms with Gasteiger partial charge in [-0.25, -0.2) is 4.39 Å². The topological polar surface area (TPSA) is 53.0 Å². The molecule has 6 heteroatoms. The van der Waals surface area contributed by atoms with Crippen LogP contribution in [0.25, 0.3) is 0 Å². The molecule has 1 aliphatic heterocycles. The molecular weight excluding hydrogens is 359 g/mol. The van der Waals surface area contributed by atoms with Crippen molar-refractivity contribution in [2.75, 3.05) is 42.6 Å². The summed E-state index contributed by atoms with van der Waals surface area (Å²) in [6.45, 7) is 4.97. The van der Waals surface area contributed by atoms with Gasteiger partial charge in [0.05, 0.1) is 18.9 Å². The summed E-state index contributed by atoms with van der Waals surface area (Å²) in [5.41, 5.74) is 3.13. The number of esters is 1. The summed E-state index contributed by atoms with van der Waals surface area (Å²) >= 11 is 0. The summed E-state index contributed by atoms with van der Waals surface area (Å²) in [6.07, 6.45) is 1.07. The minimum atomic E-state index is -0.329. The third kappa shape index (κ3) is 4.81. The van der Waals surface area contributed by atoms with Gasteiger partial charge in [0.2, 0.25) is 0 Å². The summed E-state index contributed by atoms with van der Waals surface area (Å²) in [4.78, 5) is 15.8. The lowest BCUT2D eigenvalue weighted by Gasteiger charge is -2.37. The number of aliphatic hydroxyl groups excluding tert-OH is 1. The number of piperazine rings is 1. The monoisotopic (exact) mass is 386 g/mol. The summed E-state index contributed by atoms with van der Waals surface area (Å²) < 4.78 is 19.4. The number of anilines is 2. The van der Waals surface area contributed by atoms with Crippen LogP contribution in [0.4, 0.5) is 15.8 Å². The van der Waals surface area contributed by atoms with Gasteiger partial charge < -0.3 is 19.6 Å². The molecule has 0 aromatic heterocycles. The van der Waals surface area contributed by atoms with E-state index in [4.69, 9.17) is 4.74 Å². The first kappa shape index (κ1) is 20.1.